The van der Waals surface area contributed by atoms with Crippen molar-refractivity contribution in [2.24, 2.45) is 0 Å². The molecule has 0 saturated heterocycles. The second kappa shape index (κ2) is 8.66. The number of pyridine rings is 1. The molecule has 2 aromatic rings. The lowest BCUT2D eigenvalue weighted by Crippen LogP contribution is -2.40. The van der Waals surface area contributed by atoms with Crippen molar-refractivity contribution in [3.8, 4) is 0 Å². The molecular formula is C17H17Cl2N3O2. The van der Waals surface area contributed by atoms with Gasteiger partial charge in [0.1, 0.15) is 0 Å². The molecule has 24 heavy (non-hydrogen) atoms. The third kappa shape index (κ3) is 4.94. The van der Waals surface area contributed by atoms with Crippen molar-refractivity contribution < 1.29 is 9.59 Å². The van der Waals surface area contributed by atoms with Crippen LogP contribution in [0.15, 0.2) is 42.7 Å². The molecule has 0 unspecified atom stereocenters. The fraction of sp³-hybridized carbons (Fsp3) is 0.235. The summed E-state index contributed by atoms with van der Waals surface area (Å²) in [6.45, 7) is 2.71. The van der Waals surface area contributed by atoms with Gasteiger partial charge in [0.25, 0.3) is 0 Å². The molecule has 2 amide bonds. The van der Waals surface area contributed by atoms with Gasteiger partial charge in [0.2, 0.25) is 0 Å². The third-order valence-corrected chi connectivity index (χ3v) is 4.01. The monoisotopic (exact) mass is 365 g/mol. The molecule has 2 rings (SSSR count). The first-order valence-corrected chi connectivity index (χ1v) is 8.21. The largest absolute Gasteiger partial charge is 0.334 e. The maximum absolute atomic E-state index is 12.3. The maximum atomic E-state index is 12.3. The highest BCUT2D eigenvalue weighted by Crippen LogP contribution is 2.25. The van der Waals surface area contributed by atoms with Crippen LogP contribution < -0.4 is 5.32 Å². The van der Waals surface area contributed by atoms with E-state index in [1.54, 1.807) is 24.5 Å². The van der Waals surface area contributed by atoms with Crippen molar-refractivity contribution in [2.75, 3.05) is 18.4 Å². The summed E-state index contributed by atoms with van der Waals surface area (Å²) in [5.74, 6) is -1.33. The molecule has 1 N–H and O–H groups in total. The number of likely N-dealkylation sites (N-methyl/N-ethyl adjacent to an activating group) is 1. The zero-order valence-corrected chi connectivity index (χ0v) is 14.6. The molecule has 0 fully saturated rings. The van der Waals surface area contributed by atoms with Crippen molar-refractivity contribution in [2.45, 2.75) is 13.3 Å². The molecule has 7 heteroatoms. The maximum Gasteiger partial charge on any atom is 0.313 e. The molecular weight excluding hydrogens is 349 g/mol. The Hall–Kier alpha value is -2.11. The van der Waals surface area contributed by atoms with E-state index >= 15 is 0 Å². The highest BCUT2D eigenvalue weighted by atomic mass is 35.5. The van der Waals surface area contributed by atoms with E-state index in [-0.39, 0.29) is 5.02 Å². The Morgan fingerprint density at radius 2 is 1.88 bits per heavy atom. The Balaban J connectivity index is 1.98. The van der Waals surface area contributed by atoms with Crippen molar-refractivity contribution in [1.29, 1.82) is 0 Å². The molecule has 0 saturated carbocycles. The van der Waals surface area contributed by atoms with Gasteiger partial charge < -0.3 is 10.2 Å². The number of hydrogen-bond acceptors (Lipinski definition) is 3. The average molecular weight is 366 g/mol. The smallest absolute Gasteiger partial charge is 0.313 e. The van der Waals surface area contributed by atoms with Gasteiger partial charge in [-0.3, -0.25) is 14.6 Å². The Morgan fingerprint density at radius 1 is 1.17 bits per heavy atom. The number of anilines is 1. The van der Waals surface area contributed by atoms with Gasteiger partial charge in [-0.25, -0.2) is 0 Å². The first-order chi connectivity index (χ1) is 11.5. The van der Waals surface area contributed by atoms with Crippen LogP contribution >= 0.6 is 23.2 Å². The van der Waals surface area contributed by atoms with Crippen LogP contribution in [0.25, 0.3) is 0 Å². The predicted molar refractivity (Wildman–Crippen MR) is 95.3 cm³/mol. The lowest BCUT2D eigenvalue weighted by Gasteiger charge is -2.20. The SMILES string of the molecule is CCN(CCc1ccncc1)C(=O)C(=O)Nc1ccc(Cl)cc1Cl. The highest BCUT2D eigenvalue weighted by Gasteiger charge is 2.21. The topological polar surface area (TPSA) is 62.3 Å². The standard InChI is InChI=1S/C17H17Cl2N3O2/c1-2-22(10-7-12-5-8-20-9-6-12)17(24)16(23)21-15-4-3-13(18)11-14(15)19/h3-6,8-9,11H,2,7,10H2,1H3,(H,21,23). The number of carbonyl (C=O) groups excluding carboxylic acids is 2. The van der Waals surface area contributed by atoms with Gasteiger partial charge >= 0.3 is 11.8 Å². The Kier molecular flexibility index (Phi) is 6.58. The van der Waals surface area contributed by atoms with E-state index in [2.05, 4.69) is 10.3 Å². The molecule has 1 heterocycles. The number of hydrogen-bond donors (Lipinski definition) is 1. The van der Waals surface area contributed by atoms with Gasteiger partial charge in [-0.15, -0.1) is 0 Å². The van der Waals surface area contributed by atoms with Crippen LogP contribution in [0.3, 0.4) is 0 Å². The lowest BCUT2D eigenvalue weighted by atomic mass is 10.2. The van der Waals surface area contributed by atoms with Crippen molar-refractivity contribution in [1.82, 2.24) is 9.88 Å². The van der Waals surface area contributed by atoms with Crippen LogP contribution in [0.4, 0.5) is 5.69 Å². The van der Waals surface area contributed by atoms with Gasteiger partial charge in [0.15, 0.2) is 0 Å². The predicted octanol–water partition coefficient (Wildman–Crippen LogP) is 3.42. The molecule has 0 aliphatic rings. The molecule has 1 aromatic heterocycles. The van der Waals surface area contributed by atoms with Gasteiger partial charge in [-0.05, 0) is 49.2 Å². The molecule has 0 aliphatic carbocycles. The summed E-state index contributed by atoms with van der Waals surface area (Å²) < 4.78 is 0. The van der Waals surface area contributed by atoms with Gasteiger partial charge in [-0.1, -0.05) is 23.2 Å². The molecule has 126 valence electrons. The van der Waals surface area contributed by atoms with Crippen LogP contribution in [0.5, 0.6) is 0 Å². The molecule has 0 aliphatic heterocycles. The van der Waals surface area contributed by atoms with Gasteiger partial charge in [-0.2, -0.15) is 0 Å². The number of aromatic nitrogens is 1. The Morgan fingerprint density at radius 3 is 2.50 bits per heavy atom. The van der Waals surface area contributed by atoms with Crippen molar-refractivity contribution in [3.05, 3.63) is 58.3 Å². The van der Waals surface area contributed by atoms with Crippen molar-refractivity contribution in [3.63, 3.8) is 0 Å². The number of amides is 2. The number of benzene rings is 1. The van der Waals surface area contributed by atoms with Crippen LogP contribution in [-0.2, 0) is 16.0 Å². The van der Waals surface area contributed by atoms with E-state index in [0.29, 0.717) is 30.2 Å². The third-order valence-electron chi connectivity index (χ3n) is 3.46. The van der Waals surface area contributed by atoms with E-state index in [0.717, 1.165) is 5.56 Å². The molecule has 1 aromatic carbocycles. The first-order valence-electron chi connectivity index (χ1n) is 7.45. The summed E-state index contributed by atoms with van der Waals surface area (Å²) in [5, 5.41) is 3.26. The van der Waals surface area contributed by atoms with Gasteiger partial charge in [0.05, 0.1) is 10.7 Å². The second-order valence-corrected chi connectivity index (χ2v) is 5.91. The minimum Gasteiger partial charge on any atom is -0.334 e. The lowest BCUT2D eigenvalue weighted by molar-refractivity contribution is -0.143. The number of carbonyl (C=O) groups is 2. The summed E-state index contributed by atoms with van der Waals surface area (Å²) in [6.07, 6.45) is 4.04. The minimum atomic E-state index is -0.726. The minimum absolute atomic E-state index is 0.281. The Bertz CT molecular complexity index is 723. The highest BCUT2D eigenvalue weighted by molar-refractivity contribution is 6.42. The number of halogens is 2. The van der Waals surface area contributed by atoms with Crippen LogP contribution in [0.1, 0.15) is 12.5 Å². The molecule has 0 bridgehead atoms. The second-order valence-electron chi connectivity index (χ2n) is 5.07. The fourth-order valence-corrected chi connectivity index (χ4v) is 2.58. The van der Waals surface area contributed by atoms with E-state index in [1.165, 1.54) is 11.0 Å². The Labute approximate surface area is 150 Å². The van der Waals surface area contributed by atoms with Crippen molar-refractivity contribution >= 4 is 40.7 Å². The number of nitrogens with zero attached hydrogens (tertiary/aromatic N) is 2. The molecule has 0 radical (unpaired) electrons. The molecule has 0 spiro atoms. The van der Waals surface area contributed by atoms with E-state index < -0.39 is 11.8 Å². The zero-order chi connectivity index (χ0) is 17.5. The summed E-state index contributed by atoms with van der Waals surface area (Å²) in [4.78, 5) is 29.9. The quantitative estimate of drug-likeness (QED) is 0.825. The van der Waals surface area contributed by atoms with Crippen LogP contribution in [-0.4, -0.2) is 34.8 Å². The number of rotatable bonds is 5. The molecule has 5 nitrogen and oxygen atoms in total. The zero-order valence-electron chi connectivity index (χ0n) is 13.1. The fourth-order valence-electron chi connectivity index (χ4n) is 2.13. The average Bonchev–Trinajstić information content (AvgIpc) is 2.58. The van der Waals surface area contributed by atoms with Gasteiger partial charge in [0, 0.05) is 30.5 Å². The summed E-state index contributed by atoms with van der Waals surface area (Å²) in [6, 6.07) is 8.42. The summed E-state index contributed by atoms with van der Waals surface area (Å²) in [7, 11) is 0. The first kappa shape index (κ1) is 18.2. The normalized spacial score (nSPS) is 10.3. The van der Waals surface area contributed by atoms with Crippen LogP contribution in [0, 0.1) is 0 Å². The number of nitrogens with one attached hydrogen (secondary N) is 1. The van der Waals surface area contributed by atoms with Crippen LogP contribution in [0.2, 0.25) is 10.0 Å². The van der Waals surface area contributed by atoms with E-state index in [9.17, 15) is 9.59 Å². The summed E-state index contributed by atoms with van der Waals surface area (Å²) in [5.41, 5.74) is 1.40. The molecule has 0 atom stereocenters. The van der Waals surface area contributed by atoms with E-state index in [1.807, 2.05) is 19.1 Å². The summed E-state index contributed by atoms with van der Waals surface area (Å²) >= 11 is 11.8. The van der Waals surface area contributed by atoms with E-state index in [4.69, 9.17) is 23.2 Å².